The second-order valence-corrected chi connectivity index (χ2v) is 4.56. The number of halogens is 1. The summed E-state index contributed by atoms with van der Waals surface area (Å²) in [6.07, 6.45) is 0. The molecule has 0 aliphatic carbocycles. The Morgan fingerprint density at radius 2 is 2.05 bits per heavy atom. The van der Waals surface area contributed by atoms with Gasteiger partial charge in [0, 0.05) is 25.8 Å². The Bertz CT molecular complexity index is 482. The highest BCUT2D eigenvalue weighted by Gasteiger charge is 2.11. The van der Waals surface area contributed by atoms with Crippen LogP contribution in [0.15, 0.2) is 24.3 Å². The van der Waals surface area contributed by atoms with Crippen LogP contribution >= 0.6 is 0 Å². The Morgan fingerprint density at radius 3 is 2.71 bits per heavy atom. The third-order valence-corrected chi connectivity index (χ3v) is 2.66. The molecule has 0 spiro atoms. The van der Waals surface area contributed by atoms with E-state index in [9.17, 15) is 14.0 Å². The summed E-state index contributed by atoms with van der Waals surface area (Å²) in [5.41, 5.74) is 0.498. The van der Waals surface area contributed by atoms with Crippen molar-refractivity contribution in [2.75, 3.05) is 33.9 Å². The summed E-state index contributed by atoms with van der Waals surface area (Å²) in [6, 6.07) is 5.79. The van der Waals surface area contributed by atoms with Gasteiger partial charge < -0.3 is 10.1 Å². The van der Waals surface area contributed by atoms with Gasteiger partial charge >= 0.3 is 6.03 Å². The number of hydrogen-bond donors (Lipinski definition) is 2. The summed E-state index contributed by atoms with van der Waals surface area (Å²) >= 11 is 0. The van der Waals surface area contributed by atoms with Crippen molar-refractivity contribution in [3.05, 3.63) is 35.6 Å². The SMILES string of the molecule is COCCNC(=O)NC(=O)CN(C)Cc1ccccc1F. The average molecular weight is 297 g/mol. The first-order valence-corrected chi connectivity index (χ1v) is 6.51. The van der Waals surface area contributed by atoms with E-state index in [1.54, 1.807) is 30.1 Å². The number of nitrogens with one attached hydrogen (secondary N) is 2. The molecule has 0 aromatic heterocycles. The van der Waals surface area contributed by atoms with Gasteiger partial charge in [0.25, 0.3) is 0 Å². The van der Waals surface area contributed by atoms with Gasteiger partial charge in [0.15, 0.2) is 0 Å². The number of methoxy groups -OCH3 is 1. The molecule has 0 unspecified atom stereocenters. The molecular weight excluding hydrogens is 277 g/mol. The van der Waals surface area contributed by atoms with Crippen molar-refractivity contribution >= 4 is 11.9 Å². The lowest BCUT2D eigenvalue weighted by molar-refractivity contribution is -0.121. The molecule has 0 bridgehead atoms. The Hall–Kier alpha value is -1.99. The van der Waals surface area contributed by atoms with Crippen LogP contribution in [-0.2, 0) is 16.1 Å². The highest BCUT2D eigenvalue weighted by atomic mass is 19.1. The third-order valence-electron chi connectivity index (χ3n) is 2.66. The third kappa shape index (κ3) is 6.82. The maximum atomic E-state index is 13.5. The number of benzene rings is 1. The van der Waals surface area contributed by atoms with Crippen molar-refractivity contribution in [3.8, 4) is 0 Å². The van der Waals surface area contributed by atoms with Crippen LogP contribution in [0.3, 0.4) is 0 Å². The summed E-state index contributed by atoms with van der Waals surface area (Å²) in [5, 5.41) is 4.66. The van der Waals surface area contributed by atoms with Crippen LogP contribution in [0.4, 0.5) is 9.18 Å². The maximum Gasteiger partial charge on any atom is 0.321 e. The number of urea groups is 1. The van der Waals surface area contributed by atoms with E-state index in [0.717, 1.165) is 0 Å². The normalized spacial score (nSPS) is 10.5. The molecule has 6 nitrogen and oxygen atoms in total. The first-order chi connectivity index (χ1) is 10.0. The van der Waals surface area contributed by atoms with Gasteiger partial charge in [-0.05, 0) is 13.1 Å². The molecule has 2 N–H and O–H groups in total. The minimum atomic E-state index is -0.573. The quantitative estimate of drug-likeness (QED) is 0.728. The van der Waals surface area contributed by atoms with Crippen molar-refractivity contribution in [1.29, 1.82) is 0 Å². The minimum absolute atomic E-state index is 0.00790. The maximum absolute atomic E-state index is 13.5. The largest absolute Gasteiger partial charge is 0.383 e. The van der Waals surface area contributed by atoms with Crippen molar-refractivity contribution in [3.63, 3.8) is 0 Å². The molecule has 0 heterocycles. The molecule has 0 radical (unpaired) electrons. The average Bonchev–Trinajstić information content (AvgIpc) is 2.41. The zero-order valence-corrected chi connectivity index (χ0v) is 12.2. The lowest BCUT2D eigenvalue weighted by atomic mass is 10.2. The topological polar surface area (TPSA) is 70.7 Å². The molecular formula is C14H20FN3O3. The number of likely N-dealkylation sites (N-methyl/N-ethyl adjacent to an activating group) is 1. The smallest absolute Gasteiger partial charge is 0.321 e. The number of nitrogens with zero attached hydrogens (tertiary/aromatic N) is 1. The summed E-state index contributed by atoms with van der Waals surface area (Å²) in [7, 11) is 3.19. The number of carbonyl (C=O) groups is 2. The number of imide groups is 1. The summed E-state index contributed by atoms with van der Waals surface area (Å²) in [6.45, 7) is 0.965. The highest BCUT2D eigenvalue weighted by Crippen LogP contribution is 2.08. The highest BCUT2D eigenvalue weighted by molar-refractivity contribution is 5.95. The molecule has 0 saturated carbocycles. The summed E-state index contributed by atoms with van der Waals surface area (Å²) < 4.78 is 18.2. The van der Waals surface area contributed by atoms with Gasteiger partial charge in [-0.15, -0.1) is 0 Å². The molecule has 3 amide bonds. The molecule has 0 atom stereocenters. The van der Waals surface area contributed by atoms with Crippen molar-refractivity contribution in [1.82, 2.24) is 15.5 Å². The molecule has 0 saturated heterocycles. The zero-order valence-electron chi connectivity index (χ0n) is 12.2. The van der Waals surface area contributed by atoms with Gasteiger partial charge in [-0.1, -0.05) is 18.2 Å². The number of ether oxygens (including phenoxy) is 1. The van der Waals surface area contributed by atoms with Crippen LogP contribution in [0.5, 0.6) is 0 Å². The lowest BCUT2D eigenvalue weighted by Crippen LogP contribution is -2.44. The molecule has 1 aromatic carbocycles. The minimum Gasteiger partial charge on any atom is -0.383 e. The van der Waals surface area contributed by atoms with Crippen molar-refractivity contribution < 1.29 is 18.7 Å². The molecule has 21 heavy (non-hydrogen) atoms. The second kappa shape index (κ2) is 9.04. The molecule has 116 valence electrons. The number of carbonyl (C=O) groups excluding carboxylic acids is 2. The molecule has 1 rings (SSSR count). The van der Waals surface area contributed by atoms with E-state index in [-0.39, 0.29) is 18.9 Å². The van der Waals surface area contributed by atoms with Crippen LogP contribution in [0.1, 0.15) is 5.56 Å². The molecule has 7 heteroatoms. The van der Waals surface area contributed by atoms with E-state index in [1.165, 1.54) is 13.2 Å². The monoisotopic (exact) mass is 297 g/mol. The molecule has 0 aliphatic heterocycles. The van der Waals surface area contributed by atoms with Crippen LogP contribution < -0.4 is 10.6 Å². The van der Waals surface area contributed by atoms with Crippen LogP contribution in [0, 0.1) is 5.82 Å². The Labute approximate surface area is 123 Å². The number of hydrogen-bond acceptors (Lipinski definition) is 4. The Morgan fingerprint density at radius 1 is 1.33 bits per heavy atom. The molecule has 0 fully saturated rings. The van der Waals surface area contributed by atoms with Crippen molar-refractivity contribution in [2.45, 2.75) is 6.54 Å². The predicted molar refractivity (Wildman–Crippen MR) is 76.2 cm³/mol. The summed E-state index contributed by atoms with van der Waals surface area (Å²) in [5.74, 6) is -0.772. The van der Waals surface area contributed by atoms with E-state index >= 15 is 0 Å². The van der Waals surface area contributed by atoms with Crippen LogP contribution in [-0.4, -0.2) is 50.7 Å². The Kier molecular flexibility index (Phi) is 7.34. The van der Waals surface area contributed by atoms with E-state index in [1.807, 2.05) is 0 Å². The predicted octanol–water partition coefficient (Wildman–Crippen LogP) is 0.730. The fraction of sp³-hybridized carbons (Fsp3) is 0.429. The van der Waals surface area contributed by atoms with Gasteiger partial charge in [0.2, 0.25) is 5.91 Å². The van der Waals surface area contributed by atoms with Crippen LogP contribution in [0.25, 0.3) is 0 Å². The van der Waals surface area contributed by atoms with Crippen LogP contribution in [0.2, 0.25) is 0 Å². The van der Waals surface area contributed by atoms with Gasteiger partial charge in [0.05, 0.1) is 13.2 Å². The number of amides is 3. The van der Waals surface area contributed by atoms with Gasteiger partial charge in [0.1, 0.15) is 5.82 Å². The van der Waals surface area contributed by atoms with E-state index in [0.29, 0.717) is 18.7 Å². The van der Waals surface area contributed by atoms with Crippen molar-refractivity contribution in [2.24, 2.45) is 0 Å². The number of rotatable bonds is 7. The molecule has 1 aromatic rings. The molecule has 0 aliphatic rings. The zero-order chi connectivity index (χ0) is 15.7. The van der Waals surface area contributed by atoms with Gasteiger partial charge in [-0.25, -0.2) is 9.18 Å². The van der Waals surface area contributed by atoms with E-state index < -0.39 is 11.9 Å². The lowest BCUT2D eigenvalue weighted by Gasteiger charge is -2.16. The first-order valence-electron chi connectivity index (χ1n) is 6.51. The van der Waals surface area contributed by atoms with E-state index in [4.69, 9.17) is 4.74 Å². The first kappa shape index (κ1) is 17.1. The standard InChI is InChI=1S/C14H20FN3O3/c1-18(9-11-5-3-4-6-12(11)15)10-13(19)17-14(20)16-7-8-21-2/h3-6H,7-10H2,1-2H3,(H2,16,17,19,20). The summed E-state index contributed by atoms with van der Waals surface area (Å²) in [4.78, 5) is 24.6. The van der Waals surface area contributed by atoms with Gasteiger partial charge in [-0.2, -0.15) is 0 Å². The fourth-order valence-electron chi connectivity index (χ4n) is 1.70. The second-order valence-electron chi connectivity index (χ2n) is 4.56. The fourth-order valence-corrected chi connectivity index (χ4v) is 1.70. The van der Waals surface area contributed by atoms with Gasteiger partial charge in [-0.3, -0.25) is 15.0 Å². The van der Waals surface area contributed by atoms with E-state index in [2.05, 4.69) is 10.6 Å². The Balaban J connectivity index is 2.34.